The van der Waals surface area contributed by atoms with E-state index in [1.807, 2.05) is 0 Å². The summed E-state index contributed by atoms with van der Waals surface area (Å²) in [6.45, 7) is 0. The van der Waals surface area contributed by atoms with E-state index in [0.717, 1.165) is 6.07 Å². The number of alkyl halides is 3. The van der Waals surface area contributed by atoms with Crippen molar-refractivity contribution in [3.05, 3.63) is 39.4 Å². The summed E-state index contributed by atoms with van der Waals surface area (Å²) < 4.78 is 37.8. The molecule has 1 aromatic carbocycles. The van der Waals surface area contributed by atoms with Gasteiger partial charge in [0.15, 0.2) is 5.92 Å². The van der Waals surface area contributed by atoms with Gasteiger partial charge in [-0.05, 0) is 11.6 Å². The molecule has 1 atom stereocenters. The molecule has 0 radical (unpaired) electrons. The first-order valence-electron chi connectivity index (χ1n) is 5.06. The minimum absolute atomic E-state index is 0.366. The molecule has 21 heavy (non-hydrogen) atoms. The fourth-order valence-electron chi connectivity index (χ4n) is 1.49. The zero-order valence-electron chi connectivity index (χ0n) is 9.90. The monoisotopic (exact) mass is 302 g/mol. The Bertz CT molecular complexity index is 651. The lowest BCUT2D eigenvalue weighted by Crippen LogP contribution is -2.12. The van der Waals surface area contributed by atoms with Crippen molar-refractivity contribution in [2.45, 2.75) is 12.1 Å². The number of nitrogens with zero attached hydrogens (tertiary/aromatic N) is 4. The molecule has 0 heterocycles. The van der Waals surface area contributed by atoms with Gasteiger partial charge in [0.05, 0.1) is 11.0 Å². The molecule has 1 aromatic rings. The number of hydrogen-bond acceptors (Lipinski definition) is 5. The SMILES string of the molecule is N#CC(C(=O)N=NO)c1ccc(C(F)(F)F)c([N+](=O)[O-])c1. The largest absolute Gasteiger partial charge is 0.422 e. The van der Waals surface area contributed by atoms with Gasteiger partial charge in [0.2, 0.25) is 0 Å². The third-order valence-corrected chi connectivity index (χ3v) is 2.38. The summed E-state index contributed by atoms with van der Waals surface area (Å²) in [5.41, 5.74) is -3.17. The van der Waals surface area contributed by atoms with Crippen LogP contribution in [0.5, 0.6) is 0 Å². The number of nitro groups is 1. The maximum atomic E-state index is 12.6. The van der Waals surface area contributed by atoms with E-state index in [4.69, 9.17) is 10.5 Å². The van der Waals surface area contributed by atoms with Crippen molar-refractivity contribution in [2.75, 3.05) is 0 Å². The van der Waals surface area contributed by atoms with E-state index in [0.29, 0.717) is 12.1 Å². The summed E-state index contributed by atoms with van der Waals surface area (Å²) in [6.07, 6.45) is -4.96. The Morgan fingerprint density at radius 3 is 2.52 bits per heavy atom. The van der Waals surface area contributed by atoms with Gasteiger partial charge in [0.25, 0.3) is 11.6 Å². The van der Waals surface area contributed by atoms with Crippen LogP contribution in [0.2, 0.25) is 0 Å². The van der Waals surface area contributed by atoms with Gasteiger partial charge >= 0.3 is 6.18 Å². The van der Waals surface area contributed by atoms with Gasteiger partial charge in [-0.15, -0.1) is 0 Å². The molecule has 1 rings (SSSR count). The highest BCUT2D eigenvalue weighted by atomic mass is 19.4. The molecule has 0 saturated heterocycles. The van der Waals surface area contributed by atoms with Gasteiger partial charge < -0.3 is 5.21 Å². The van der Waals surface area contributed by atoms with E-state index >= 15 is 0 Å². The van der Waals surface area contributed by atoms with E-state index in [-0.39, 0.29) is 5.56 Å². The Morgan fingerprint density at radius 1 is 1.48 bits per heavy atom. The maximum Gasteiger partial charge on any atom is 0.422 e. The van der Waals surface area contributed by atoms with Gasteiger partial charge in [-0.25, -0.2) is 0 Å². The molecular weight excluding hydrogens is 297 g/mol. The Morgan fingerprint density at radius 2 is 2.10 bits per heavy atom. The predicted molar refractivity (Wildman–Crippen MR) is 58.1 cm³/mol. The molecular formula is C10H5F3N4O4. The molecule has 0 spiro atoms. The second-order valence-corrected chi connectivity index (χ2v) is 3.62. The Kier molecular flexibility index (Phi) is 4.54. The van der Waals surface area contributed by atoms with Crippen LogP contribution in [-0.2, 0) is 11.0 Å². The van der Waals surface area contributed by atoms with E-state index in [2.05, 4.69) is 10.4 Å². The first kappa shape index (κ1) is 16.0. The first-order valence-corrected chi connectivity index (χ1v) is 5.06. The fourth-order valence-corrected chi connectivity index (χ4v) is 1.49. The molecule has 0 bridgehead atoms. The summed E-state index contributed by atoms with van der Waals surface area (Å²) in [6, 6.07) is 3.00. The Balaban J connectivity index is 3.42. The number of benzene rings is 1. The van der Waals surface area contributed by atoms with Gasteiger partial charge in [0.1, 0.15) is 5.56 Å². The smallest absolute Gasteiger partial charge is 0.394 e. The molecule has 0 aromatic heterocycles. The summed E-state index contributed by atoms with van der Waals surface area (Å²) in [5.74, 6) is -2.99. The standard InChI is InChI=1S/C10H5F3N4O4/c11-10(12,13)7-2-1-5(3-8(7)17(20)21)6(4-14)9(18)15-16-19/h1-3,6H,(H,15,18,19). The third-order valence-electron chi connectivity index (χ3n) is 2.38. The molecule has 8 nitrogen and oxygen atoms in total. The van der Waals surface area contributed by atoms with Crippen LogP contribution in [0.15, 0.2) is 28.6 Å². The molecule has 0 aliphatic carbocycles. The van der Waals surface area contributed by atoms with Crippen LogP contribution in [0.1, 0.15) is 17.0 Å². The van der Waals surface area contributed by atoms with Crippen molar-refractivity contribution < 1.29 is 28.1 Å². The molecule has 1 amide bonds. The van der Waals surface area contributed by atoms with Crippen molar-refractivity contribution in [1.29, 1.82) is 5.26 Å². The number of rotatable bonds is 3. The van der Waals surface area contributed by atoms with Gasteiger partial charge in [-0.2, -0.15) is 18.4 Å². The summed E-state index contributed by atoms with van der Waals surface area (Å²) >= 11 is 0. The van der Waals surface area contributed by atoms with Crippen molar-refractivity contribution in [3.8, 4) is 6.07 Å². The van der Waals surface area contributed by atoms with Gasteiger partial charge in [-0.1, -0.05) is 11.2 Å². The minimum Gasteiger partial charge on any atom is -0.394 e. The average Bonchev–Trinajstić information content (AvgIpc) is 2.38. The predicted octanol–water partition coefficient (Wildman–Crippen LogP) is 2.59. The lowest BCUT2D eigenvalue weighted by molar-refractivity contribution is -0.388. The zero-order chi connectivity index (χ0) is 16.2. The first-order chi connectivity index (χ1) is 9.72. The lowest BCUT2D eigenvalue weighted by atomic mass is 9.97. The van der Waals surface area contributed by atoms with Crippen LogP contribution in [0, 0.1) is 21.4 Å². The van der Waals surface area contributed by atoms with Crippen molar-refractivity contribution >= 4 is 11.6 Å². The minimum atomic E-state index is -4.96. The number of nitro benzene ring substituents is 1. The van der Waals surface area contributed by atoms with Gasteiger partial charge in [-0.3, -0.25) is 14.9 Å². The van der Waals surface area contributed by atoms with E-state index < -0.39 is 34.2 Å². The van der Waals surface area contributed by atoms with Crippen molar-refractivity contribution in [2.24, 2.45) is 10.4 Å². The quantitative estimate of drug-likeness (QED) is 0.521. The van der Waals surface area contributed by atoms with Crippen LogP contribution in [0.25, 0.3) is 0 Å². The van der Waals surface area contributed by atoms with Gasteiger partial charge in [0, 0.05) is 11.3 Å². The highest BCUT2D eigenvalue weighted by Gasteiger charge is 2.39. The molecule has 11 heteroatoms. The summed E-state index contributed by atoms with van der Waals surface area (Å²) in [5, 5.41) is 32.4. The number of nitriles is 1. The van der Waals surface area contributed by atoms with Crippen molar-refractivity contribution in [3.63, 3.8) is 0 Å². The topological polar surface area (TPSA) is 129 Å². The number of carbonyl (C=O) groups is 1. The van der Waals surface area contributed by atoms with E-state index in [9.17, 15) is 28.1 Å². The van der Waals surface area contributed by atoms with Crippen molar-refractivity contribution in [1.82, 2.24) is 0 Å². The number of hydrogen-bond donors (Lipinski definition) is 1. The number of amides is 1. The summed E-state index contributed by atoms with van der Waals surface area (Å²) in [4.78, 5) is 20.7. The van der Waals surface area contributed by atoms with Crippen LogP contribution >= 0.6 is 0 Å². The molecule has 0 aliphatic heterocycles. The lowest BCUT2D eigenvalue weighted by Gasteiger charge is -2.10. The van der Waals surface area contributed by atoms with E-state index in [1.54, 1.807) is 0 Å². The zero-order valence-corrected chi connectivity index (χ0v) is 9.90. The van der Waals surface area contributed by atoms with Crippen LogP contribution in [0.3, 0.4) is 0 Å². The molecule has 0 saturated carbocycles. The molecule has 1 unspecified atom stereocenters. The fraction of sp³-hybridized carbons (Fsp3) is 0.200. The highest BCUT2D eigenvalue weighted by molar-refractivity contribution is 5.86. The van der Waals surface area contributed by atoms with Crippen LogP contribution in [-0.4, -0.2) is 16.0 Å². The second-order valence-electron chi connectivity index (χ2n) is 3.62. The van der Waals surface area contributed by atoms with E-state index in [1.165, 1.54) is 6.07 Å². The molecule has 0 aliphatic rings. The highest BCUT2D eigenvalue weighted by Crippen LogP contribution is 2.37. The normalized spacial score (nSPS) is 12.9. The molecule has 110 valence electrons. The third kappa shape index (κ3) is 3.50. The Labute approximate surface area is 114 Å². The number of carbonyl (C=O) groups excluding carboxylic acids is 1. The molecule has 0 fully saturated rings. The maximum absolute atomic E-state index is 12.6. The van der Waals surface area contributed by atoms with Crippen LogP contribution < -0.4 is 0 Å². The summed E-state index contributed by atoms with van der Waals surface area (Å²) in [7, 11) is 0. The average molecular weight is 302 g/mol. The van der Waals surface area contributed by atoms with Crippen LogP contribution in [0.4, 0.5) is 18.9 Å². The molecule has 1 N–H and O–H groups in total. The Hall–Kier alpha value is -3.03. The second kappa shape index (κ2) is 5.95. The number of halogens is 3.